The van der Waals surface area contributed by atoms with Gasteiger partial charge in [-0.3, -0.25) is 0 Å². The minimum atomic E-state index is -0.569. The van der Waals surface area contributed by atoms with Crippen molar-refractivity contribution in [2.24, 2.45) is 0 Å². The van der Waals surface area contributed by atoms with Gasteiger partial charge in [0.15, 0.2) is 0 Å². The van der Waals surface area contributed by atoms with E-state index in [1.54, 1.807) is 0 Å². The molecular formula is C55H37N3S. The summed E-state index contributed by atoms with van der Waals surface area (Å²) >= 11 is 1.90. The molecule has 0 fully saturated rings. The number of rotatable bonds is 5. The van der Waals surface area contributed by atoms with Gasteiger partial charge in [-0.05, 0) is 119 Å². The zero-order valence-corrected chi connectivity index (χ0v) is 32.9. The molecular weight excluding hydrogens is 735 g/mol. The van der Waals surface area contributed by atoms with E-state index in [9.17, 15) is 0 Å². The monoisotopic (exact) mass is 771 g/mol. The summed E-state index contributed by atoms with van der Waals surface area (Å²) in [6.45, 7) is 0. The van der Waals surface area contributed by atoms with Gasteiger partial charge in [-0.15, -0.1) is 0 Å². The lowest BCUT2D eigenvalue weighted by molar-refractivity contribution is 0.693. The van der Waals surface area contributed by atoms with E-state index in [0.29, 0.717) is 0 Å². The molecule has 2 aliphatic rings. The second kappa shape index (κ2) is 13.4. The fraction of sp³-hybridized carbons (Fsp3) is 0.0182. The van der Waals surface area contributed by atoms with Gasteiger partial charge in [-0.1, -0.05) is 139 Å². The first-order valence-electron chi connectivity index (χ1n) is 20.2. The Morgan fingerprint density at radius 2 is 0.881 bits per heavy atom. The minimum Gasteiger partial charge on any atom is -0.311 e. The number of hydrogen-bond donors (Lipinski definition) is 0. The third-order valence-corrected chi connectivity index (χ3v) is 13.3. The van der Waals surface area contributed by atoms with Crippen molar-refractivity contribution in [2.45, 2.75) is 15.2 Å². The highest BCUT2D eigenvalue weighted by atomic mass is 32.2. The second-order valence-electron chi connectivity index (χ2n) is 15.3. The van der Waals surface area contributed by atoms with Crippen LogP contribution in [0.2, 0.25) is 0 Å². The predicted octanol–water partition coefficient (Wildman–Crippen LogP) is 14.9. The molecule has 12 rings (SSSR count). The number of para-hydroxylation sites is 6. The third-order valence-electron chi connectivity index (χ3n) is 12.2. The van der Waals surface area contributed by atoms with Gasteiger partial charge in [0.1, 0.15) is 0 Å². The standard InChI is InChI=1S/C55H37N3S/c1-4-18-38(19-5-1)56(39-20-6-2-7-21-39)41-32-34-42(35-33-41)57-49-28-14-10-24-43(49)44-36-54-48(37-52(44)57)55(47-27-13-17-31-53(47)59-54)45-25-11-15-29-50(45)58(40-22-8-3-9-23-40)51-30-16-12-26-46(51)55/h1-37H. The Labute approximate surface area is 348 Å². The van der Waals surface area contributed by atoms with Crippen molar-refractivity contribution in [3.05, 3.63) is 247 Å². The third kappa shape index (κ3) is 5.03. The van der Waals surface area contributed by atoms with E-state index in [-0.39, 0.29) is 0 Å². The lowest BCUT2D eigenvalue weighted by Crippen LogP contribution is -2.39. The van der Waals surface area contributed by atoms with Crippen LogP contribution >= 0.6 is 11.8 Å². The van der Waals surface area contributed by atoms with E-state index in [0.717, 1.165) is 28.4 Å². The summed E-state index contributed by atoms with van der Waals surface area (Å²) in [7, 11) is 0. The van der Waals surface area contributed by atoms with Gasteiger partial charge in [-0.25, -0.2) is 0 Å². The van der Waals surface area contributed by atoms with E-state index < -0.39 is 5.41 Å². The Hall–Kier alpha value is -7.27. The summed E-state index contributed by atoms with van der Waals surface area (Å²) in [5, 5.41) is 2.50. The van der Waals surface area contributed by atoms with E-state index in [1.807, 2.05) is 11.8 Å². The van der Waals surface area contributed by atoms with Crippen LogP contribution < -0.4 is 9.80 Å². The maximum atomic E-state index is 2.52. The summed E-state index contributed by atoms with van der Waals surface area (Å²) in [5.41, 5.74) is 15.0. The molecule has 59 heavy (non-hydrogen) atoms. The maximum Gasteiger partial charge on any atom is 0.0764 e. The fourth-order valence-corrected chi connectivity index (χ4v) is 11.0. The molecule has 0 aliphatic carbocycles. The van der Waals surface area contributed by atoms with Crippen LogP contribution in [0.25, 0.3) is 27.5 Å². The normalized spacial score (nSPS) is 13.5. The number of aromatic nitrogens is 1. The van der Waals surface area contributed by atoms with Gasteiger partial charge in [-0.2, -0.15) is 0 Å². The fourth-order valence-electron chi connectivity index (χ4n) is 9.81. The molecule has 1 aromatic heterocycles. The van der Waals surface area contributed by atoms with Gasteiger partial charge in [0, 0.05) is 49.0 Å². The van der Waals surface area contributed by atoms with Crippen molar-refractivity contribution in [3.8, 4) is 5.69 Å². The zero-order chi connectivity index (χ0) is 38.9. The Morgan fingerprint density at radius 1 is 0.356 bits per heavy atom. The molecule has 0 radical (unpaired) electrons. The molecule has 10 aromatic rings. The first-order valence-corrected chi connectivity index (χ1v) is 21.0. The Morgan fingerprint density at radius 3 is 1.54 bits per heavy atom. The zero-order valence-electron chi connectivity index (χ0n) is 32.1. The summed E-state index contributed by atoms with van der Waals surface area (Å²) in [4.78, 5) is 7.35. The molecule has 0 amide bonds. The number of fused-ring (bicyclic) bond motifs is 11. The molecule has 0 saturated heterocycles. The molecule has 4 heteroatoms. The highest BCUT2D eigenvalue weighted by molar-refractivity contribution is 7.99. The van der Waals surface area contributed by atoms with Crippen molar-refractivity contribution in [2.75, 3.05) is 9.80 Å². The summed E-state index contributed by atoms with van der Waals surface area (Å²) in [5.74, 6) is 0. The number of anilines is 6. The molecule has 0 bridgehead atoms. The van der Waals surface area contributed by atoms with Crippen LogP contribution in [0, 0.1) is 0 Å². The maximum absolute atomic E-state index is 2.52. The van der Waals surface area contributed by atoms with Gasteiger partial charge < -0.3 is 14.4 Å². The SMILES string of the molecule is c1ccc(N(c2ccccc2)c2ccc(-n3c4ccccc4c4cc5c(cc43)C3(c4ccccc4S5)c4ccccc4N(c4ccccc4)c4ccccc43)cc2)cc1. The van der Waals surface area contributed by atoms with Crippen LogP contribution in [0.4, 0.5) is 34.1 Å². The number of benzene rings is 9. The number of nitrogens with zero attached hydrogens (tertiary/aromatic N) is 3. The van der Waals surface area contributed by atoms with Gasteiger partial charge in [0.25, 0.3) is 0 Å². The first-order chi connectivity index (χ1) is 29.3. The van der Waals surface area contributed by atoms with Crippen LogP contribution in [0.3, 0.4) is 0 Å². The summed E-state index contributed by atoms with van der Waals surface area (Å²) < 4.78 is 2.47. The summed E-state index contributed by atoms with van der Waals surface area (Å²) in [6.07, 6.45) is 0. The van der Waals surface area contributed by atoms with Crippen LogP contribution in [-0.2, 0) is 5.41 Å². The van der Waals surface area contributed by atoms with Crippen LogP contribution in [0.1, 0.15) is 22.3 Å². The van der Waals surface area contributed by atoms with Gasteiger partial charge in [0.05, 0.1) is 27.8 Å². The molecule has 3 heterocycles. The minimum absolute atomic E-state index is 0.569. The molecule has 1 spiro atoms. The lowest BCUT2D eigenvalue weighted by Gasteiger charge is -2.49. The van der Waals surface area contributed by atoms with Gasteiger partial charge >= 0.3 is 0 Å². The number of hydrogen-bond acceptors (Lipinski definition) is 3. The van der Waals surface area contributed by atoms with Crippen LogP contribution in [0.15, 0.2) is 234 Å². The lowest BCUT2D eigenvalue weighted by atomic mass is 9.62. The largest absolute Gasteiger partial charge is 0.311 e. The van der Waals surface area contributed by atoms with Crippen molar-refractivity contribution in [1.82, 2.24) is 4.57 Å². The molecule has 278 valence electrons. The quantitative estimate of drug-likeness (QED) is 0.173. The topological polar surface area (TPSA) is 11.4 Å². The average molecular weight is 772 g/mol. The Kier molecular flexibility index (Phi) is 7.69. The Bertz CT molecular complexity index is 3100. The summed E-state index contributed by atoms with van der Waals surface area (Å²) in [6, 6.07) is 82.2. The van der Waals surface area contributed by atoms with Crippen molar-refractivity contribution in [3.63, 3.8) is 0 Å². The molecule has 3 nitrogen and oxygen atoms in total. The van der Waals surface area contributed by atoms with Crippen molar-refractivity contribution in [1.29, 1.82) is 0 Å². The van der Waals surface area contributed by atoms with Crippen molar-refractivity contribution < 1.29 is 0 Å². The first kappa shape index (κ1) is 33.8. The van der Waals surface area contributed by atoms with Crippen molar-refractivity contribution >= 4 is 67.7 Å². The van der Waals surface area contributed by atoms with E-state index in [1.165, 1.54) is 65.2 Å². The Balaban J connectivity index is 1.12. The average Bonchev–Trinajstić information content (AvgIpc) is 3.63. The molecule has 0 N–H and O–H groups in total. The van der Waals surface area contributed by atoms with E-state index in [2.05, 4.69) is 239 Å². The molecule has 2 aliphatic heterocycles. The molecule has 9 aromatic carbocycles. The molecule has 0 saturated carbocycles. The van der Waals surface area contributed by atoms with Crippen LogP contribution in [0.5, 0.6) is 0 Å². The smallest absolute Gasteiger partial charge is 0.0764 e. The second-order valence-corrected chi connectivity index (χ2v) is 16.4. The predicted molar refractivity (Wildman–Crippen MR) is 246 cm³/mol. The highest BCUT2D eigenvalue weighted by Crippen LogP contribution is 2.63. The molecule has 0 atom stereocenters. The van der Waals surface area contributed by atoms with Gasteiger partial charge in [0.2, 0.25) is 0 Å². The highest BCUT2D eigenvalue weighted by Gasteiger charge is 2.50. The molecule has 0 unspecified atom stereocenters. The van der Waals surface area contributed by atoms with E-state index >= 15 is 0 Å². The van der Waals surface area contributed by atoms with E-state index in [4.69, 9.17) is 0 Å². The van der Waals surface area contributed by atoms with Crippen LogP contribution in [-0.4, -0.2) is 4.57 Å².